The zero-order chi connectivity index (χ0) is 10.1. The zero-order valence-corrected chi connectivity index (χ0v) is 8.25. The fourth-order valence-electron chi connectivity index (χ4n) is 0.934. The molecule has 4 heteroatoms. The van der Waals surface area contributed by atoms with Crippen molar-refractivity contribution in [1.82, 2.24) is 4.90 Å². The van der Waals surface area contributed by atoms with Gasteiger partial charge < -0.3 is 4.74 Å². The van der Waals surface area contributed by atoms with Crippen molar-refractivity contribution < 1.29 is 9.53 Å². The molecule has 13 heavy (non-hydrogen) atoms. The normalized spacial score (nSPS) is 9.69. The first kappa shape index (κ1) is 11.9. The highest BCUT2D eigenvalue weighted by molar-refractivity contribution is 5.71. The molecule has 0 unspecified atom stereocenters. The highest BCUT2D eigenvalue weighted by Crippen LogP contribution is 1.92. The summed E-state index contributed by atoms with van der Waals surface area (Å²) in [7, 11) is 1.84. The molecule has 0 radical (unpaired) electrons. The summed E-state index contributed by atoms with van der Waals surface area (Å²) in [6.45, 7) is 3.27. The second kappa shape index (κ2) is 7.56. The number of hydrogen-bond acceptors (Lipinski definition) is 4. The Morgan fingerprint density at radius 2 is 2.31 bits per heavy atom. The van der Waals surface area contributed by atoms with Crippen LogP contribution in [0.5, 0.6) is 0 Å². The number of unbranched alkanes of at least 4 members (excludes halogenated alkanes) is 1. The molecule has 0 aromatic carbocycles. The number of nitrogens with zero attached hydrogens (tertiary/aromatic N) is 2. The third kappa shape index (κ3) is 7.29. The monoisotopic (exact) mass is 184 g/mol. The van der Waals surface area contributed by atoms with E-state index in [4.69, 9.17) is 10.00 Å². The molecule has 0 spiro atoms. The predicted molar refractivity (Wildman–Crippen MR) is 49.0 cm³/mol. The second-order valence-electron chi connectivity index (χ2n) is 2.80. The largest absolute Gasteiger partial charge is 0.465 e. The predicted octanol–water partition coefficient (Wildman–Crippen LogP) is 0.785. The summed E-state index contributed by atoms with van der Waals surface area (Å²) in [5.74, 6) is -0.207. The van der Waals surface area contributed by atoms with E-state index in [0.717, 1.165) is 13.0 Å². The van der Waals surface area contributed by atoms with E-state index in [0.29, 0.717) is 19.6 Å². The van der Waals surface area contributed by atoms with E-state index < -0.39 is 0 Å². The SMILES string of the molecule is CCOC(=O)CN(C)CCCC#N. The average Bonchev–Trinajstić information content (AvgIpc) is 2.05. The van der Waals surface area contributed by atoms with Gasteiger partial charge in [-0.3, -0.25) is 9.69 Å². The van der Waals surface area contributed by atoms with Crippen molar-refractivity contribution in [2.24, 2.45) is 0 Å². The molecule has 4 nitrogen and oxygen atoms in total. The molecule has 0 rings (SSSR count). The van der Waals surface area contributed by atoms with Gasteiger partial charge in [0.05, 0.1) is 19.2 Å². The third-order valence-corrected chi connectivity index (χ3v) is 1.53. The summed E-state index contributed by atoms with van der Waals surface area (Å²) in [5.41, 5.74) is 0. The molecule has 0 aromatic heterocycles. The standard InChI is InChI=1S/C9H16N2O2/c1-3-13-9(12)8-11(2)7-5-4-6-10/h3-5,7-8H2,1-2H3. The lowest BCUT2D eigenvalue weighted by Crippen LogP contribution is -2.28. The number of rotatable bonds is 6. The summed E-state index contributed by atoms with van der Waals surface area (Å²) in [5, 5.41) is 8.29. The van der Waals surface area contributed by atoms with Gasteiger partial charge in [0, 0.05) is 6.42 Å². The van der Waals surface area contributed by atoms with Gasteiger partial charge in [0.1, 0.15) is 0 Å². The molecule has 0 aromatic rings. The quantitative estimate of drug-likeness (QED) is 0.452. The Morgan fingerprint density at radius 1 is 1.62 bits per heavy atom. The number of hydrogen-bond donors (Lipinski definition) is 0. The molecular weight excluding hydrogens is 168 g/mol. The molecule has 0 aliphatic rings. The number of carbonyl (C=O) groups is 1. The first-order valence-corrected chi connectivity index (χ1v) is 4.41. The van der Waals surface area contributed by atoms with Crippen LogP contribution in [0.3, 0.4) is 0 Å². The van der Waals surface area contributed by atoms with E-state index in [1.54, 1.807) is 6.92 Å². The average molecular weight is 184 g/mol. The Balaban J connectivity index is 3.44. The minimum absolute atomic E-state index is 0.207. The van der Waals surface area contributed by atoms with E-state index >= 15 is 0 Å². The van der Waals surface area contributed by atoms with Crippen LogP contribution in [0.4, 0.5) is 0 Å². The highest BCUT2D eigenvalue weighted by Gasteiger charge is 2.05. The number of carbonyl (C=O) groups excluding carboxylic acids is 1. The van der Waals surface area contributed by atoms with Gasteiger partial charge in [0.15, 0.2) is 0 Å². The fourth-order valence-corrected chi connectivity index (χ4v) is 0.934. The lowest BCUT2D eigenvalue weighted by molar-refractivity contribution is -0.144. The molecule has 0 atom stereocenters. The van der Waals surface area contributed by atoms with Gasteiger partial charge >= 0.3 is 5.97 Å². The molecule has 0 N–H and O–H groups in total. The fraction of sp³-hybridized carbons (Fsp3) is 0.778. The summed E-state index contributed by atoms with van der Waals surface area (Å²) >= 11 is 0. The molecule has 0 aliphatic carbocycles. The van der Waals surface area contributed by atoms with Crippen molar-refractivity contribution in [2.45, 2.75) is 19.8 Å². The minimum Gasteiger partial charge on any atom is -0.465 e. The Kier molecular flexibility index (Phi) is 6.93. The van der Waals surface area contributed by atoms with Gasteiger partial charge in [-0.05, 0) is 26.9 Å². The maximum atomic E-state index is 11.0. The van der Waals surface area contributed by atoms with Gasteiger partial charge in [-0.1, -0.05) is 0 Å². The molecular formula is C9H16N2O2. The van der Waals surface area contributed by atoms with Crippen LogP contribution in [0.2, 0.25) is 0 Å². The Morgan fingerprint density at radius 3 is 2.85 bits per heavy atom. The van der Waals surface area contributed by atoms with Crippen LogP contribution in [0.1, 0.15) is 19.8 Å². The summed E-state index contributed by atoms with van der Waals surface area (Å²) in [4.78, 5) is 12.8. The van der Waals surface area contributed by atoms with Gasteiger partial charge in [-0.2, -0.15) is 5.26 Å². The molecule has 0 saturated heterocycles. The summed E-state index contributed by atoms with van der Waals surface area (Å²) < 4.78 is 4.77. The zero-order valence-electron chi connectivity index (χ0n) is 8.25. The number of esters is 1. The number of ether oxygens (including phenoxy) is 1. The van der Waals surface area contributed by atoms with E-state index in [-0.39, 0.29) is 5.97 Å². The molecule has 0 heterocycles. The van der Waals surface area contributed by atoms with Gasteiger partial charge in [-0.25, -0.2) is 0 Å². The molecule has 74 valence electrons. The van der Waals surface area contributed by atoms with Crippen molar-refractivity contribution >= 4 is 5.97 Å². The van der Waals surface area contributed by atoms with Crippen LogP contribution in [0, 0.1) is 11.3 Å². The van der Waals surface area contributed by atoms with E-state index in [1.807, 2.05) is 11.9 Å². The molecule has 0 amide bonds. The van der Waals surface area contributed by atoms with E-state index in [1.165, 1.54) is 0 Å². The van der Waals surface area contributed by atoms with Crippen molar-refractivity contribution in [3.8, 4) is 6.07 Å². The Bertz CT molecular complexity index is 187. The van der Waals surface area contributed by atoms with Crippen LogP contribution in [-0.2, 0) is 9.53 Å². The van der Waals surface area contributed by atoms with Crippen LogP contribution in [0.15, 0.2) is 0 Å². The van der Waals surface area contributed by atoms with Crippen molar-refractivity contribution in [3.05, 3.63) is 0 Å². The molecule has 0 aliphatic heterocycles. The molecule has 0 saturated carbocycles. The maximum absolute atomic E-state index is 11.0. The number of likely N-dealkylation sites (N-methyl/N-ethyl adjacent to an activating group) is 1. The van der Waals surface area contributed by atoms with E-state index in [2.05, 4.69) is 6.07 Å². The molecule has 0 bridgehead atoms. The third-order valence-electron chi connectivity index (χ3n) is 1.53. The van der Waals surface area contributed by atoms with Gasteiger partial charge in [0.2, 0.25) is 0 Å². The van der Waals surface area contributed by atoms with Crippen LogP contribution >= 0.6 is 0 Å². The summed E-state index contributed by atoms with van der Waals surface area (Å²) in [6, 6.07) is 2.06. The van der Waals surface area contributed by atoms with Crippen molar-refractivity contribution in [2.75, 3.05) is 26.7 Å². The molecule has 0 fully saturated rings. The first-order valence-electron chi connectivity index (χ1n) is 4.41. The first-order chi connectivity index (χ1) is 6.20. The smallest absolute Gasteiger partial charge is 0.320 e. The lowest BCUT2D eigenvalue weighted by Gasteiger charge is -2.13. The van der Waals surface area contributed by atoms with Crippen molar-refractivity contribution in [3.63, 3.8) is 0 Å². The van der Waals surface area contributed by atoms with Crippen LogP contribution in [0.25, 0.3) is 0 Å². The number of nitriles is 1. The van der Waals surface area contributed by atoms with Gasteiger partial charge in [-0.15, -0.1) is 0 Å². The lowest BCUT2D eigenvalue weighted by atomic mass is 10.3. The minimum atomic E-state index is -0.207. The van der Waals surface area contributed by atoms with Crippen LogP contribution < -0.4 is 0 Å². The maximum Gasteiger partial charge on any atom is 0.320 e. The summed E-state index contributed by atoms with van der Waals surface area (Å²) in [6.07, 6.45) is 1.33. The Hall–Kier alpha value is -1.08. The van der Waals surface area contributed by atoms with E-state index in [9.17, 15) is 4.79 Å². The topological polar surface area (TPSA) is 53.3 Å². The van der Waals surface area contributed by atoms with Crippen LogP contribution in [-0.4, -0.2) is 37.6 Å². The second-order valence-corrected chi connectivity index (χ2v) is 2.80. The highest BCUT2D eigenvalue weighted by atomic mass is 16.5. The van der Waals surface area contributed by atoms with Crippen molar-refractivity contribution in [1.29, 1.82) is 5.26 Å². The van der Waals surface area contributed by atoms with Gasteiger partial charge in [0.25, 0.3) is 0 Å². The Labute approximate surface area is 79.1 Å².